The normalized spacial score (nSPS) is 21.3. The zero-order chi connectivity index (χ0) is 13.9. The average molecular weight is 265 g/mol. The van der Waals surface area contributed by atoms with E-state index < -0.39 is 6.10 Å². The highest BCUT2D eigenvalue weighted by molar-refractivity contribution is 5.18. The molecule has 0 saturated carbocycles. The van der Waals surface area contributed by atoms with Gasteiger partial charge < -0.3 is 5.11 Å². The van der Waals surface area contributed by atoms with Crippen LogP contribution in [0.4, 0.5) is 4.39 Å². The maximum absolute atomic E-state index is 13.2. The minimum absolute atomic E-state index is 0.206. The van der Waals surface area contributed by atoms with E-state index in [2.05, 4.69) is 18.7 Å². The molecular weight excluding hydrogens is 241 g/mol. The number of rotatable bonds is 5. The van der Waals surface area contributed by atoms with Crippen LogP contribution in [0.1, 0.15) is 38.7 Å². The Hall–Kier alpha value is -0.930. The SMILES string of the molecule is CCC(C)(C(O)Cc1cccc(F)c1)N1CCCC1. The lowest BCUT2D eigenvalue weighted by atomic mass is 9.86. The Balaban J connectivity index is 2.09. The number of hydrogen-bond donors (Lipinski definition) is 1. The predicted molar refractivity (Wildman–Crippen MR) is 75.6 cm³/mol. The number of aliphatic hydroxyl groups is 1. The maximum Gasteiger partial charge on any atom is 0.123 e. The van der Waals surface area contributed by atoms with Gasteiger partial charge in [0.05, 0.1) is 6.10 Å². The molecule has 106 valence electrons. The van der Waals surface area contributed by atoms with E-state index in [1.54, 1.807) is 6.07 Å². The van der Waals surface area contributed by atoms with Crippen LogP contribution < -0.4 is 0 Å². The minimum atomic E-state index is -0.461. The van der Waals surface area contributed by atoms with Crippen molar-refractivity contribution in [1.82, 2.24) is 4.90 Å². The van der Waals surface area contributed by atoms with Crippen molar-refractivity contribution in [2.24, 2.45) is 0 Å². The largest absolute Gasteiger partial charge is 0.391 e. The molecule has 3 heteroatoms. The molecule has 1 fully saturated rings. The lowest BCUT2D eigenvalue weighted by Crippen LogP contribution is -2.53. The van der Waals surface area contributed by atoms with Gasteiger partial charge >= 0.3 is 0 Å². The quantitative estimate of drug-likeness (QED) is 0.884. The monoisotopic (exact) mass is 265 g/mol. The van der Waals surface area contributed by atoms with Crippen LogP contribution in [-0.2, 0) is 6.42 Å². The number of benzene rings is 1. The maximum atomic E-state index is 13.2. The van der Waals surface area contributed by atoms with Crippen LogP contribution in [0.15, 0.2) is 24.3 Å². The Bertz CT molecular complexity index is 417. The van der Waals surface area contributed by atoms with Gasteiger partial charge in [0.1, 0.15) is 5.82 Å². The molecule has 1 N–H and O–H groups in total. The van der Waals surface area contributed by atoms with Crippen molar-refractivity contribution in [3.63, 3.8) is 0 Å². The minimum Gasteiger partial charge on any atom is -0.391 e. The Kier molecular flexibility index (Phi) is 4.58. The second-order valence-corrected chi connectivity index (χ2v) is 5.75. The second kappa shape index (κ2) is 6.02. The van der Waals surface area contributed by atoms with Gasteiger partial charge in [0.2, 0.25) is 0 Å². The van der Waals surface area contributed by atoms with Gasteiger partial charge in [-0.3, -0.25) is 4.90 Å². The van der Waals surface area contributed by atoms with E-state index in [1.807, 2.05) is 6.07 Å². The zero-order valence-electron chi connectivity index (χ0n) is 11.9. The molecule has 1 aliphatic heterocycles. The Morgan fingerprint density at radius 2 is 2.05 bits per heavy atom. The molecule has 1 saturated heterocycles. The fourth-order valence-electron chi connectivity index (χ4n) is 3.01. The first-order chi connectivity index (χ1) is 9.06. The third-order valence-corrected chi connectivity index (χ3v) is 4.58. The third-order valence-electron chi connectivity index (χ3n) is 4.58. The number of nitrogens with zero attached hydrogens (tertiary/aromatic N) is 1. The van der Waals surface area contributed by atoms with Gasteiger partial charge in [-0.2, -0.15) is 0 Å². The van der Waals surface area contributed by atoms with Gasteiger partial charge in [0.15, 0.2) is 0 Å². The highest BCUT2D eigenvalue weighted by Gasteiger charge is 2.38. The number of hydrogen-bond acceptors (Lipinski definition) is 2. The molecular formula is C16H24FNO. The summed E-state index contributed by atoms with van der Waals surface area (Å²) >= 11 is 0. The predicted octanol–water partition coefficient (Wildman–Crippen LogP) is 2.99. The summed E-state index contributed by atoms with van der Waals surface area (Å²) in [6.07, 6.45) is 3.38. The average Bonchev–Trinajstić information content (AvgIpc) is 2.92. The van der Waals surface area contributed by atoms with E-state index in [-0.39, 0.29) is 11.4 Å². The van der Waals surface area contributed by atoms with Crippen LogP contribution in [0.2, 0.25) is 0 Å². The topological polar surface area (TPSA) is 23.5 Å². The van der Waals surface area contributed by atoms with Gasteiger partial charge in [0.25, 0.3) is 0 Å². The first-order valence-electron chi connectivity index (χ1n) is 7.24. The van der Waals surface area contributed by atoms with Crippen molar-refractivity contribution >= 4 is 0 Å². The molecule has 1 aromatic rings. The smallest absolute Gasteiger partial charge is 0.123 e. The molecule has 1 heterocycles. The first-order valence-corrected chi connectivity index (χ1v) is 7.24. The summed E-state index contributed by atoms with van der Waals surface area (Å²) in [5.41, 5.74) is 0.661. The number of halogens is 1. The van der Waals surface area contributed by atoms with Gasteiger partial charge in [-0.05, 0) is 57.0 Å². The molecule has 1 aliphatic rings. The van der Waals surface area contributed by atoms with Crippen molar-refractivity contribution in [2.75, 3.05) is 13.1 Å². The summed E-state index contributed by atoms with van der Waals surface area (Å²) in [7, 11) is 0. The molecule has 1 aromatic carbocycles. The molecule has 2 nitrogen and oxygen atoms in total. The van der Waals surface area contributed by atoms with Crippen LogP contribution in [0.3, 0.4) is 0 Å². The standard InChI is InChI=1S/C16H24FNO/c1-3-16(2,18-9-4-5-10-18)15(19)12-13-7-6-8-14(17)11-13/h6-8,11,15,19H,3-5,9-10,12H2,1-2H3. The van der Waals surface area contributed by atoms with E-state index in [1.165, 1.54) is 25.0 Å². The third kappa shape index (κ3) is 3.15. The molecule has 0 radical (unpaired) electrons. The molecule has 2 atom stereocenters. The van der Waals surface area contributed by atoms with Crippen molar-refractivity contribution in [2.45, 2.75) is 51.2 Å². The molecule has 0 spiro atoms. The van der Waals surface area contributed by atoms with E-state index >= 15 is 0 Å². The summed E-state index contributed by atoms with van der Waals surface area (Å²) in [5, 5.41) is 10.6. The van der Waals surface area contributed by atoms with Gasteiger partial charge in [-0.1, -0.05) is 19.1 Å². The highest BCUT2D eigenvalue weighted by atomic mass is 19.1. The molecule has 19 heavy (non-hydrogen) atoms. The van der Waals surface area contributed by atoms with Crippen LogP contribution in [0, 0.1) is 5.82 Å². The van der Waals surface area contributed by atoms with Crippen LogP contribution in [0.25, 0.3) is 0 Å². The van der Waals surface area contributed by atoms with Crippen LogP contribution >= 0.6 is 0 Å². The molecule has 2 rings (SSSR count). The zero-order valence-corrected chi connectivity index (χ0v) is 11.9. The van der Waals surface area contributed by atoms with E-state index in [0.717, 1.165) is 25.1 Å². The Morgan fingerprint density at radius 3 is 2.63 bits per heavy atom. The van der Waals surface area contributed by atoms with E-state index in [4.69, 9.17) is 0 Å². The summed E-state index contributed by atoms with van der Waals surface area (Å²) in [5.74, 6) is -0.232. The number of likely N-dealkylation sites (tertiary alicyclic amines) is 1. The molecule has 2 unspecified atom stereocenters. The summed E-state index contributed by atoms with van der Waals surface area (Å²) in [4.78, 5) is 2.39. The summed E-state index contributed by atoms with van der Waals surface area (Å²) in [6.45, 7) is 6.37. The number of aliphatic hydroxyl groups excluding tert-OH is 1. The Labute approximate surface area is 115 Å². The van der Waals surface area contributed by atoms with Gasteiger partial charge in [-0.15, -0.1) is 0 Å². The fourth-order valence-corrected chi connectivity index (χ4v) is 3.01. The van der Waals surface area contributed by atoms with Gasteiger partial charge in [0, 0.05) is 12.0 Å². The first kappa shape index (κ1) is 14.5. The highest BCUT2D eigenvalue weighted by Crippen LogP contribution is 2.29. The lowest BCUT2D eigenvalue weighted by Gasteiger charge is -2.42. The van der Waals surface area contributed by atoms with Crippen molar-refractivity contribution in [3.05, 3.63) is 35.6 Å². The van der Waals surface area contributed by atoms with E-state index in [0.29, 0.717) is 6.42 Å². The summed E-state index contributed by atoms with van der Waals surface area (Å²) in [6, 6.07) is 6.54. The van der Waals surface area contributed by atoms with Gasteiger partial charge in [-0.25, -0.2) is 4.39 Å². The fraction of sp³-hybridized carbons (Fsp3) is 0.625. The second-order valence-electron chi connectivity index (χ2n) is 5.75. The van der Waals surface area contributed by atoms with Crippen LogP contribution in [-0.4, -0.2) is 34.7 Å². The lowest BCUT2D eigenvalue weighted by molar-refractivity contribution is -0.0117. The van der Waals surface area contributed by atoms with E-state index in [9.17, 15) is 9.50 Å². The van der Waals surface area contributed by atoms with Crippen molar-refractivity contribution in [1.29, 1.82) is 0 Å². The Morgan fingerprint density at radius 1 is 1.37 bits per heavy atom. The molecule has 0 bridgehead atoms. The molecule has 0 aliphatic carbocycles. The van der Waals surface area contributed by atoms with Crippen molar-refractivity contribution < 1.29 is 9.50 Å². The summed E-state index contributed by atoms with van der Waals surface area (Å²) < 4.78 is 13.2. The van der Waals surface area contributed by atoms with Crippen LogP contribution in [0.5, 0.6) is 0 Å². The molecule has 0 aromatic heterocycles. The molecule has 0 amide bonds. The van der Waals surface area contributed by atoms with Crippen molar-refractivity contribution in [3.8, 4) is 0 Å².